The highest BCUT2D eigenvalue weighted by Gasteiger charge is 2.27. The molecule has 7 heteroatoms. The molecule has 2 heterocycles. The van der Waals surface area contributed by atoms with Crippen LogP contribution in [0.25, 0.3) is 0 Å². The summed E-state index contributed by atoms with van der Waals surface area (Å²) >= 11 is 0. The number of aryl methyl sites for hydroxylation is 2. The number of nitrogens with zero attached hydrogens (tertiary/aromatic N) is 3. The van der Waals surface area contributed by atoms with E-state index < -0.39 is 0 Å². The van der Waals surface area contributed by atoms with E-state index in [1.165, 1.54) is 6.07 Å². The molecule has 24 heavy (non-hydrogen) atoms. The van der Waals surface area contributed by atoms with Gasteiger partial charge in [-0.2, -0.15) is 0 Å². The molecule has 3 rings (SSSR count). The molecule has 0 radical (unpaired) electrons. The molecule has 0 bridgehead atoms. The predicted octanol–water partition coefficient (Wildman–Crippen LogP) is 2.77. The number of para-hydroxylation sites is 2. The summed E-state index contributed by atoms with van der Waals surface area (Å²) in [4.78, 5) is 27.1. The molecule has 1 aliphatic rings. The second-order valence-corrected chi connectivity index (χ2v) is 5.85. The molecule has 0 aliphatic carbocycles. The number of hydrogen-bond acceptors (Lipinski definition) is 5. The standard InChI is InChI=1S/C17H19N3O4/c1-12-11-14(13(2)24-12)17(21)19-9-7-18(8-10-19)15-5-3-4-6-16(15)20(22)23/h3-6,11H,7-10H2,1-2H3. The number of nitro benzene ring substituents is 1. The summed E-state index contributed by atoms with van der Waals surface area (Å²) < 4.78 is 5.43. The fraction of sp³-hybridized carbons (Fsp3) is 0.353. The topological polar surface area (TPSA) is 79.8 Å². The van der Waals surface area contributed by atoms with Gasteiger partial charge >= 0.3 is 0 Å². The maximum absolute atomic E-state index is 12.6. The van der Waals surface area contributed by atoms with E-state index >= 15 is 0 Å². The van der Waals surface area contributed by atoms with Crippen molar-refractivity contribution in [2.75, 3.05) is 31.1 Å². The zero-order valence-electron chi connectivity index (χ0n) is 13.7. The number of anilines is 1. The third-order valence-corrected chi connectivity index (χ3v) is 4.26. The Morgan fingerprint density at radius 2 is 1.83 bits per heavy atom. The molecule has 1 fully saturated rings. The van der Waals surface area contributed by atoms with Crippen LogP contribution in [0.2, 0.25) is 0 Å². The van der Waals surface area contributed by atoms with Crippen molar-refractivity contribution in [1.29, 1.82) is 0 Å². The first kappa shape index (κ1) is 16.0. The Bertz CT molecular complexity index is 776. The lowest BCUT2D eigenvalue weighted by atomic mass is 10.1. The van der Waals surface area contributed by atoms with Crippen LogP contribution in [0.4, 0.5) is 11.4 Å². The van der Waals surface area contributed by atoms with E-state index in [1.54, 1.807) is 36.1 Å². The van der Waals surface area contributed by atoms with Crippen molar-refractivity contribution in [2.45, 2.75) is 13.8 Å². The minimum atomic E-state index is -0.371. The lowest BCUT2D eigenvalue weighted by molar-refractivity contribution is -0.384. The number of nitro groups is 1. The van der Waals surface area contributed by atoms with Gasteiger partial charge in [-0.3, -0.25) is 14.9 Å². The van der Waals surface area contributed by atoms with Crippen molar-refractivity contribution in [3.8, 4) is 0 Å². The number of amides is 1. The van der Waals surface area contributed by atoms with Crippen LogP contribution in [0.1, 0.15) is 21.9 Å². The molecule has 1 aromatic carbocycles. The zero-order chi connectivity index (χ0) is 17.3. The number of rotatable bonds is 3. The number of hydrogen-bond donors (Lipinski definition) is 0. The summed E-state index contributed by atoms with van der Waals surface area (Å²) in [5, 5.41) is 11.2. The Morgan fingerprint density at radius 1 is 1.17 bits per heavy atom. The van der Waals surface area contributed by atoms with E-state index in [2.05, 4.69) is 0 Å². The summed E-state index contributed by atoms with van der Waals surface area (Å²) in [5.74, 6) is 1.29. The molecule has 0 unspecified atom stereocenters. The van der Waals surface area contributed by atoms with Crippen LogP contribution < -0.4 is 4.90 Å². The summed E-state index contributed by atoms with van der Waals surface area (Å²) in [6.07, 6.45) is 0. The van der Waals surface area contributed by atoms with E-state index in [1.807, 2.05) is 11.8 Å². The lowest BCUT2D eigenvalue weighted by Gasteiger charge is -2.35. The number of carbonyl (C=O) groups excluding carboxylic acids is 1. The molecule has 7 nitrogen and oxygen atoms in total. The molecule has 126 valence electrons. The second-order valence-electron chi connectivity index (χ2n) is 5.85. The Labute approximate surface area is 139 Å². The number of furan rings is 1. The van der Waals surface area contributed by atoms with Crippen molar-refractivity contribution in [3.63, 3.8) is 0 Å². The number of piperazine rings is 1. The van der Waals surface area contributed by atoms with Crippen LogP contribution >= 0.6 is 0 Å². The van der Waals surface area contributed by atoms with Gasteiger partial charge in [0.1, 0.15) is 17.2 Å². The van der Waals surface area contributed by atoms with Crippen molar-refractivity contribution in [2.24, 2.45) is 0 Å². The van der Waals surface area contributed by atoms with Crippen LogP contribution in [0, 0.1) is 24.0 Å². The van der Waals surface area contributed by atoms with Gasteiger partial charge in [0.15, 0.2) is 0 Å². The molecule has 0 atom stereocenters. The molecule has 0 saturated carbocycles. The average Bonchev–Trinajstić information content (AvgIpc) is 2.92. The summed E-state index contributed by atoms with van der Waals surface area (Å²) in [6.45, 7) is 5.77. The van der Waals surface area contributed by atoms with Crippen LogP contribution in [-0.4, -0.2) is 41.9 Å². The van der Waals surface area contributed by atoms with Gasteiger partial charge in [-0.25, -0.2) is 0 Å². The molecule has 1 aromatic heterocycles. The van der Waals surface area contributed by atoms with Crippen molar-refractivity contribution >= 4 is 17.3 Å². The van der Waals surface area contributed by atoms with E-state index in [-0.39, 0.29) is 16.5 Å². The first-order chi connectivity index (χ1) is 11.5. The Morgan fingerprint density at radius 3 is 2.42 bits per heavy atom. The van der Waals surface area contributed by atoms with Gasteiger partial charge in [0.05, 0.1) is 10.5 Å². The summed E-state index contributed by atoms with van der Waals surface area (Å²) in [6, 6.07) is 8.46. The van der Waals surface area contributed by atoms with Gasteiger partial charge < -0.3 is 14.2 Å². The molecule has 0 spiro atoms. The van der Waals surface area contributed by atoms with Crippen LogP contribution in [0.5, 0.6) is 0 Å². The average molecular weight is 329 g/mol. The van der Waals surface area contributed by atoms with E-state index in [0.29, 0.717) is 43.2 Å². The van der Waals surface area contributed by atoms with Gasteiger partial charge in [0.25, 0.3) is 11.6 Å². The molecule has 0 N–H and O–H groups in total. The highest BCUT2D eigenvalue weighted by molar-refractivity contribution is 5.95. The van der Waals surface area contributed by atoms with Gasteiger partial charge in [-0.1, -0.05) is 12.1 Å². The molecular weight excluding hydrogens is 310 g/mol. The molecule has 1 saturated heterocycles. The third kappa shape index (κ3) is 2.97. The Kier molecular flexibility index (Phi) is 4.24. The van der Waals surface area contributed by atoms with Gasteiger partial charge in [0, 0.05) is 32.2 Å². The fourth-order valence-electron chi connectivity index (χ4n) is 3.05. The first-order valence-corrected chi connectivity index (χ1v) is 7.82. The lowest BCUT2D eigenvalue weighted by Crippen LogP contribution is -2.49. The van der Waals surface area contributed by atoms with E-state index in [9.17, 15) is 14.9 Å². The minimum absolute atomic E-state index is 0.0495. The van der Waals surface area contributed by atoms with Gasteiger partial charge in [0.2, 0.25) is 0 Å². The minimum Gasteiger partial charge on any atom is -0.466 e. The second kappa shape index (κ2) is 6.35. The predicted molar refractivity (Wildman–Crippen MR) is 89.4 cm³/mol. The van der Waals surface area contributed by atoms with Gasteiger partial charge in [-0.05, 0) is 26.0 Å². The molecule has 1 amide bonds. The number of benzene rings is 1. The maximum atomic E-state index is 12.6. The third-order valence-electron chi connectivity index (χ3n) is 4.26. The molecular formula is C17H19N3O4. The Balaban J connectivity index is 1.71. The molecule has 2 aromatic rings. The SMILES string of the molecule is Cc1cc(C(=O)N2CCN(c3ccccc3[N+](=O)[O-])CC2)c(C)o1. The van der Waals surface area contributed by atoms with E-state index in [0.717, 1.165) is 5.76 Å². The highest BCUT2D eigenvalue weighted by Crippen LogP contribution is 2.28. The summed E-state index contributed by atoms with van der Waals surface area (Å²) in [7, 11) is 0. The highest BCUT2D eigenvalue weighted by atomic mass is 16.6. The molecule has 1 aliphatic heterocycles. The Hall–Kier alpha value is -2.83. The smallest absolute Gasteiger partial charge is 0.292 e. The van der Waals surface area contributed by atoms with Crippen molar-refractivity contribution in [3.05, 3.63) is 57.5 Å². The van der Waals surface area contributed by atoms with Crippen LogP contribution in [-0.2, 0) is 0 Å². The van der Waals surface area contributed by atoms with Crippen LogP contribution in [0.3, 0.4) is 0 Å². The zero-order valence-corrected chi connectivity index (χ0v) is 13.7. The monoisotopic (exact) mass is 329 g/mol. The summed E-state index contributed by atoms with van der Waals surface area (Å²) in [5.41, 5.74) is 1.29. The largest absolute Gasteiger partial charge is 0.466 e. The van der Waals surface area contributed by atoms with Crippen molar-refractivity contribution < 1.29 is 14.1 Å². The van der Waals surface area contributed by atoms with E-state index in [4.69, 9.17) is 4.42 Å². The van der Waals surface area contributed by atoms with Gasteiger partial charge in [-0.15, -0.1) is 0 Å². The number of carbonyl (C=O) groups is 1. The fourth-order valence-corrected chi connectivity index (χ4v) is 3.05. The maximum Gasteiger partial charge on any atom is 0.292 e. The normalized spacial score (nSPS) is 14.8. The van der Waals surface area contributed by atoms with Crippen molar-refractivity contribution in [1.82, 2.24) is 4.90 Å². The quantitative estimate of drug-likeness (QED) is 0.639. The van der Waals surface area contributed by atoms with Crippen LogP contribution in [0.15, 0.2) is 34.7 Å². The first-order valence-electron chi connectivity index (χ1n) is 7.82.